The second-order valence-electron chi connectivity index (χ2n) is 8.48. The van der Waals surface area contributed by atoms with E-state index in [2.05, 4.69) is 0 Å². The van der Waals surface area contributed by atoms with E-state index in [4.69, 9.17) is 9.47 Å². The quantitative estimate of drug-likeness (QED) is 0.116. The molecule has 1 saturated heterocycles. The van der Waals surface area contributed by atoms with Crippen LogP contribution in [0.5, 0.6) is 5.75 Å². The van der Waals surface area contributed by atoms with E-state index in [1.807, 2.05) is 19.1 Å². The van der Waals surface area contributed by atoms with Crippen LogP contribution in [0.3, 0.4) is 0 Å². The topological polar surface area (TPSA) is 38.8 Å². The highest BCUT2D eigenvalue weighted by atomic mass is 19.2. The minimum Gasteiger partial charge on any atom is -0.423 e. The SMILES string of the molecule is C/C=C/c1ccc(-c2ccc(C(=O)Oc3ccc(-c4ccc(C5CO5)c(F)c4F)cc3)c(F)c2F)cc1. The Kier molecular flexibility index (Phi) is 6.63. The number of halogens is 4. The Balaban J connectivity index is 1.33. The van der Waals surface area contributed by atoms with E-state index in [-0.39, 0.29) is 22.4 Å². The van der Waals surface area contributed by atoms with Crippen molar-refractivity contribution in [2.45, 2.75) is 13.0 Å². The Bertz CT molecular complexity index is 1510. The van der Waals surface area contributed by atoms with Crippen LogP contribution in [0.15, 0.2) is 78.9 Å². The van der Waals surface area contributed by atoms with Crippen LogP contribution < -0.4 is 4.74 Å². The van der Waals surface area contributed by atoms with Crippen molar-refractivity contribution in [3.63, 3.8) is 0 Å². The van der Waals surface area contributed by atoms with Crippen LogP contribution in [-0.4, -0.2) is 12.6 Å². The van der Waals surface area contributed by atoms with Crippen LogP contribution in [0.25, 0.3) is 28.3 Å². The summed E-state index contributed by atoms with van der Waals surface area (Å²) in [5.41, 5.74) is 1.36. The van der Waals surface area contributed by atoms with Gasteiger partial charge in [0, 0.05) is 16.7 Å². The molecule has 186 valence electrons. The zero-order chi connectivity index (χ0) is 26.1. The lowest BCUT2D eigenvalue weighted by Crippen LogP contribution is -2.12. The second kappa shape index (κ2) is 10.0. The first-order chi connectivity index (χ1) is 17.9. The molecule has 0 saturated carbocycles. The van der Waals surface area contributed by atoms with Gasteiger partial charge in [-0.3, -0.25) is 0 Å². The van der Waals surface area contributed by atoms with Gasteiger partial charge >= 0.3 is 5.97 Å². The Morgan fingerprint density at radius 1 is 0.784 bits per heavy atom. The molecule has 0 bridgehead atoms. The smallest absolute Gasteiger partial charge is 0.346 e. The number of hydrogen-bond acceptors (Lipinski definition) is 3. The molecule has 0 N–H and O–H groups in total. The van der Waals surface area contributed by atoms with E-state index in [9.17, 15) is 22.4 Å². The summed E-state index contributed by atoms with van der Waals surface area (Å²) in [5.74, 6) is -5.53. The molecule has 3 nitrogen and oxygen atoms in total. The molecule has 0 aromatic heterocycles. The summed E-state index contributed by atoms with van der Waals surface area (Å²) in [6.07, 6.45) is 3.32. The van der Waals surface area contributed by atoms with Gasteiger partial charge < -0.3 is 9.47 Å². The van der Waals surface area contributed by atoms with Gasteiger partial charge in [0.2, 0.25) is 0 Å². The van der Waals surface area contributed by atoms with Gasteiger partial charge in [0.25, 0.3) is 0 Å². The lowest BCUT2D eigenvalue weighted by molar-refractivity contribution is 0.0728. The lowest BCUT2D eigenvalue weighted by Gasteiger charge is -2.10. The summed E-state index contributed by atoms with van der Waals surface area (Å²) in [4.78, 5) is 12.6. The number of esters is 1. The van der Waals surface area contributed by atoms with Crippen molar-refractivity contribution in [1.29, 1.82) is 0 Å². The van der Waals surface area contributed by atoms with Crippen molar-refractivity contribution in [2.24, 2.45) is 0 Å². The summed E-state index contributed by atoms with van der Waals surface area (Å²) in [7, 11) is 0. The van der Waals surface area contributed by atoms with Gasteiger partial charge in [0.05, 0.1) is 12.2 Å². The highest BCUT2D eigenvalue weighted by Crippen LogP contribution is 2.36. The molecule has 0 amide bonds. The monoisotopic (exact) mass is 504 g/mol. The van der Waals surface area contributed by atoms with Crippen molar-refractivity contribution in [3.8, 4) is 28.0 Å². The van der Waals surface area contributed by atoms with Gasteiger partial charge in [-0.15, -0.1) is 0 Å². The zero-order valence-electron chi connectivity index (χ0n) is 19.6. The van der Waals surface area contributed by atoms with Crippen LogP contribution in [0.1, 0.15) is 34.5 Å². The average Bonchev–Trinajstić information content (AvgIpc) is 3.74. The maximum atomic E-state index is 14.8. The average molecular weight is 504 g/mol. The van der Waals surface area contributed by atoms with E-state index in [0.29, 0.717) is 17.7 Å². The summed E-state index contributed by atoms with van der Waals surface area (Å²) >= 11 is 0. The fourth-order valence-electron chi connectivity index (χ4n) is 4.02. The molecule has 1 aliphatic heterocycles. The van der Waals surface area contributed by atoms with Gasteiger partial charge in [0.1, 0.15) is 11.9 Å². The summed E-state index contributed by atoms with van der Waals surface area (Å²) in [6.45, 7) is 2.23. The number of hydrogen-bond donors (Lipinski definition) is 0. The van der Waals surface area contributed by atoms with Crippen LogP contribution in [0.4, 0.5) is 17.6 Å². The molecule has 1 aliphatic rings. The number of carbonyl (C=O) groups is 1. The Labute approximate surface area is 210 Å². The lowest BCUT2D eigenvalue weighted by atomic mass is 10.0. The predicted molar refractivity (Wildman–Crippen MR) is 132 cm³/mol. The molecule has 1 fully saturated rings. The molecule has 1 heterocycles. The molecule has 0 spiro atoms. The molecule has 7 heteroatoms. The fourth-order valence-corrected chi connectivity index (χ4v) is 4.02. The third-order valence-electron chi connectivity index (χ3n) is 6.05. The third-order valence-corrected chi connectivity index (χ3v) is 6.05. The summed E-state index contributed by atoms with van der Waals surface area (Å²) < 4.78 is 68.7. The molecule has 1 atom stereocenters. The number of rotatable bonds is 6. The largest absolute Gasteiger partial charge is 0.423 e. The van der Waals surface area contributed by atoms with E-state index in [0.717, 1.165) is 11.6 Å². The maximum Gasteiger partial charge on any atom is 0.346 e. The first-order valence-corrected chi connectivity index (χ1v) is 11.5. The van der Waals surface area contributed by atoms with Gasteiger partial charge in [-0.1, -0.05) is 66.7 Å². The standard InChI is InChI=1S/C30H20F4O3/c1-2-3-17-4-6-18(7-5-17)22-13-15-24(29(34)27(22)32)30(35)37-20-10-8-19(9-11-20)21-12-14-23(25-16-36-25)28(33)26(21)31/h2-15,25H,16H2,1H3/b3-2+. The fraction of sp³-hybridized carbons (Fsp3) is 0.100. The van der Waals surface area contributed by atoms with E-state index >= 15 is 0 Å². The number of epoxide rings is 1. The number of benzene rings is 4. The molecule has 0 aliphatic carbocycles. The number of carbonyl (C=O) groups excluding carboxylic acids is 1. The molecular weight excluding hydrogens is 484 g/mol. The molecule has 1 unspecified atom stereocenters. The van der Waals surface area contributed by atoms with Crippen LogP contribution >= 0.6 is 0 Å². The van der Waals surface area contributed by atoms with E-state index < -0.39 is 40.9 Å². The van der Waals surface area contributed by atoms with Crippen molar-refractivity contribution < 1.29 is 31.8 Å². The summed E-state index contributed by atoms with van der Waals surface area (Å²) in [5, 5.41) is 0. The number of allylic oxidation sites excluding steroid dienone is 1. The molecule has 5 rings (SSSR count). The highest BCUT2D eigenvalue weighted by Gasteiger charge is 2.30. The molecular formula is C30H20F4O3. The minimum atomic E-state index is -1.33. The Morgan fingerprint density at radius 2 is 1.35 bits per heavy atom. The zero-order valence-corrected chi connectivity index (χ0v) is 19.6. The second-order valence-corrected chi connectivity index (χ2v) is 8.48. The van der Waals surface area contributed by atoms with Crippen LogP contribution in [0, 0.1) is 23.3 Å². The van der Waals surface area contributed by atoms with Crippen molar-refractivity contribution in [2.75, 3.05) is 6.61 Å². The van der Waals surface area contributed by atoms with E-state index in [1.165, 1.54) is 42.5 Å². The minimum absolute atomic E-state index is 0.0129. The molecule has 4 aromatic carbocycles. The molecule has 0 radical (unpaired) electrons. The van der Waals surface area contributed by atoms with E-state index in [1.54, 1.807) is 24.3 Å². The first-order valence-electron chi connectivity index (χ1n) is 11.5. The van der Waals surface area contributed by atoms with Gasteiger partial charge in [-0.25, -0.2) is 22.4 Å². The van der Waals surface area contributed by atoms with Crippen LogP contribution in [-0.2, 0) is 4.74 Å². The Hall–Kier alpha value is -4.23. The van der Waals surface area contributed by atoms with Gasteiger partial charge in [-0.2, -0.15) is 0 Å². The Morgan fingerprint density at radius 3 is 1.95 bits per heavy atom. The summed E-state index contributed by atoms with van der Waals surface area (Å²) in [6, 6.07) is 17.9. The highest BCUT2D eigenvalue weighted by molar-refractivity contribution is 5.92. The third kappa shape index (κ3) is 4.90. The predicted octanol–water partition coefficient (Wildman–Crippen LogP) is 7.90. The van der Waals surface area contributed by atoms with Crippen molar-refractivity contribution >= 4 is 12.0 Å². The molecule has 37 heavy (non-hydrogen) atoms. The first kappa shape index (κ1) is 24.5. The molecule has 4 aromatic rings. The van der Waals surface area contributed by atoms with Crippen molar-refractivity contribution in [1.82, 2.24) is 0 Å². The maximum absolute atomic E-state index is 14.8. The normalized spacial score (nSPS) is 14.7. The van der Waals surface area contributed by atoms with Gasteiger partial charge in [-0.05, 0) is 41.8 Å². The van der Waals surface area contributed by atoms with Crippen molar-refractivity contribution in [3.05, 3.63) is 119 Å². The van der Waals surface area contributed by atoms with Gasteiger partial charge in [0.15, 0.2) is 23.3 Å². The number of ether oxygens (including phenoxy) is 2. The van der Waals surface area contributed by atoms with Crippen LogP contribution in [0.2, 0.25) is 0 Å².